The molecule has 3 aliphatic heterocycles. The number of aryl methyl sites for hydroxylation is 1. The SMILES string of the molecule is CCOC(=O)C1=C(CN2CCCC2)NC(c2c(F)cc(F)cc2N2CCCC2)=NC1c1ccc(F)cc1C. The fourth-order valence-corrected chi connectivity index (χ4v) is 5.63. The summed E-state index contributed by atoms with van der Waals surface area (Å²) in [4.78, 5) is 22.4. The Bertz CT molecular complexity index is 1280. The Balaban J connectivity index is 1.69. The molecule has 2 saturated heterocycles. The number of nitrogens with one attached hydrogen (secondary N) is 1. The third kappa shape index (κ3) is 5.29. The first kappa shape index (κ1) is 26.3. The summed E-state index contributed by atoms with van der Waals surface area (Å²) in [6.45, 7) is 7.21. The van der Waals surface area contributed by atoms with Crippen molar-refractivity contribution in [3.8, 4) is 0 Å². The van der Waals surface area contributed by atoms with Gasteiger partial charge in [-0.25, -0.2) is 18.0 Å². The number of halogens is 3. The van der Waals surface area contributed by atoms with Crippen molar-refractivity contribution in [2.45, 2.75) is 45.6 Å². The molecule has 1 atom stereocenters. The number of anilines is 1. The zero-order chi connectivity index (χ0) is 26.8. The molecular formula is C29H33F3N4O2. The van der Waals surface area contributed by atoms with Gasteiger partial charge in [-0.05, 0) is 81.9 Å². The molecule has 202 valence electrons. The molecule has 6 nitrogen and oxygen atoms in total. The Morgan fingerprint density at radius 3 is 2.42 bits per heavy atom. The molecule has 38 heavy (non-hydrogen) atoms. The second-order valence-electron chi connectivity index (χ2n) is 10.1. The number of benzene rings is 2. The summed E-state index contributed by atoms with van der Waals surface area (Å²) < 4.78 is 49.5. The van der Waals surface area contributed by atoms with E-state index < -0.39 is 29.5 Å². The maximum Gasteiger partial charge on any atom is 0.338 e. The van der Waals surface area contributed by atoms with Crippen molar-refractivity contribution < 1.29 is 22.7 Å². The lowest BCUT2D eigenvalue weighted by Gasteiger charge is -2.32. The van der Waals surface area contributed by atoms with Crippen molar-refractivity contribution >= 4 is 17.5 Å². The third-order valence-electron chi connectivity index (χ3n) is 7.45. The minimum Gasteiger partial charge on any atom is -0.463 e. The van der Waals surface area contributed by atoms with Gasteiger partial charge in [0.25, 0.3) is 0 Å². The molecular weight excluding hydrogens is 493 g/mol. The van der Waals surface area contributed by atoms with Crippen molar-refractivity contribution in [3.05, 3.63) is 75.7 Å². The highest BCUT2D eigenvalue weighted by molar-refractivity contribution is 6.07. The fourth-order valence-electron chi connectivity index (χ4n) is 5.63. The van der Waals surface area contributed by atoms with Gasteiger partial charge in [-0.3, -0.25) is 9.89 Å². The van der Waals surface area contributed by atoms with Crippen LogP contribution in [0.4, 0.5) is 18.9 Å². The number of esters is 1. The predicted octanol–water partition coefficient (Wildman–Crippen LogP) is 5.02. The summed E-state index contributed by atoms with van der Waals surface area (Å²) in [6.07, 6.45) is 3.97. The molecule has 0 bridgehead atoms. The van der Waals surface area contributed by atoms with E-state index in [0.29, 0.717) is 47.7 Å². The fraction of sp³-hybridized carbons (Fsp3) is 0.448. The number of aliphatic imine (C=N–C) groups is 1. The first-order valence-corrected chi connectivity index (χ1v) is 13.3. The smallest absolute Gasteiger partial charge is 0.338 e. The molecule has 9 heteroatoms. The minimum absolute atomic E-state index is 0.167. The lowest BCUT2D eigenvalue weighted by atomic mass is 9.91. The Hall–Kier alpha value is -3.33. The maximum atomic E-state index is 15.6. The molecule has 0 spiro atoms. The Morgan fingerprint density at radius 1 is 1.03 bits per heavy atom. The zero-order valence-corrected chi connectivity index (χ0v) is 21.8. The van der Waals surface area contributed by atoms with Crippen LogP contribution in [0.1, 0.15) is 55.3 Å². The van der Waals surface area contributed by atoms with E-state index in [4.69, 9.17) is 9.73 Å². The molecule has 5 rings (SSSR count). The number of hydrogen-bond acceptors (Lipinski definition) is 6. The number of hydrogen-bond donors (Lipinski definition) is 1. The molecule has 3 aliphatic rings. The van der Waals surface area contributed by atoms with Crippen LogP contribution in [0.5, 0.6) is 0 Å². The molecule has 0 aliphatic carbocycles. The Kier molecular flexibility index (Phi) is 7.74. The van der Waals surface area contributed by atoms with Gasteiger partial charge in [0.1, 0.15) is 29.3 Å². The summed E-state index contributed by atoms with van der Waals surface area (Å²) >= 11 is 0. The third-order valence-corrected chi connectivity index (χ3v) is 7.45. The normalized spacial score (nSPS) is 20.1. The minimum atomic E-state index is -0.848. The van der Waals surface area contributed by atoms with E-state index in [2.05, 4.69) is 10.2 Å². The second-order valence-corrected chi connectivity index (χ2v) is 10.1. The van der Waals surface area contributed by atoms with Gasteiger partial charge in [-0.15, -0.1) is 0 Å². The average molecular weight is 527 g/mol. The average Bonchev–Trinajstić information content (AvgIpc) is 3.58. The van der Waals surface area contributed by atoms with Crippen molar-refractivity contribution in [1.29, 1.82) is 0 Å². The lowest BCUT2D eigenvalue weighted by Crippen LogP contribution is -2.40. The highest BCUT2D eigenvalue weighted by Crippen LogP contribution is 2.37. The summed E-state index contributed by atoms with van der Waals surface area (Å²) in [7, 11) is 0. The lowest BCUT2D eigenvalue weighted by molar-refractivity contribution is -0.139. The van der Waals surface area contributed by atoms with E-state index in [1.165, 1.54) is 18.2 Å². The molecule has 0 aromatic heterocycles. The quantitative estimate of drug-likeness (QED) is 0.514. The molecule has 1 N–H and O–H groups in total. The number of rotatable bonds is 7. The van der Waals surface area contributed by atoms with E-state index >= 15 is 4.39 Å². The van der Waals surface area contributed by atoms with Gasteiger partial charge in [0.2, 0.25) is 0 Å². The first-order valence-electron chi connectivity index (χ1n) is 13.3. The molecule has 1 unspecified atom stereocenters. The Morgan fingerprint density at radius 2 is 1.74 bits per heavy atom. The predicted molar refractivity (Wildman–Crippen MR) is 141 cm³/mol. The highest BCUT2D eigenvalue weighted by Gasteiger charge is 2.36. The van der Waals surface area contributed by atoms with Crippen LogP contribution in [-0.2, 0) is 9.53 Å². The van der Waals surface area contributed by atoms with Gasteiger partial charge in [0.05, 0.1) is 23.4 Å². The van der Waals surface area contributed by atoms with Crippen molar-refractivity contribution in [2.24, 2.45) is 4.99 Å². The van der Waals surface area contributed by atoms with Crippen molar-refractivity contribution in [2.75, 3.05) is 44.2 Å². The van der Waals surface area contributed by atoms with E-state index in [-0.39, 0.29) is 18.0 Å². The van der Waals surface area contributed by atoms with Crippen LogP contribution in [0.25, 0.3) is 0 Å². The number of ether oxygens (including phenoxy) is 1. The molecule has 2 aromatic carbocycles. The standard InChI is InChI=1S/C29H33F3N4O2/c1-3-38-29(37)26-23(17-35-10-4-5-11-35)33-28(34-27(26)21-9-8-19(30)14-18(21)2)25-22(32)15-20(31)16-24(25)36-12-6-7-13-36/h8-9,14-16,27H,3-7,10-13,17H2,1-2H3,(H,33,34). The molecule has 0 amide bonds. The maximum absolute atomic E-state index is 15.6. The summed E-state index contributed by atoms with van der Waals surface area (Å²) in [5, 5.41) is 3.26. The monoisotopic (exact) mass is 526 g/mol. The largest absolute Gasteiger partial charge is 0.463 e. The zero-order valence-electron chi connectivity index (χ0n) is 21.8. The van der Waals surface area contributed by atoms with E-state index in [1.54, 1.807) is 19.9 Å². The number of nitrogens with zero attached hydrogens (tertiary/aromatic N) is 3. The van der Waals surface area contributed by atoms with Crippen LogP contribution >= 0.6 is 0 Å². The number of carbonyl (C=O) groups excluding carboxylic acids is 1. The molecule has 2 fully saturated rings. The van der Waals surface area contributed by atoms with Crippen LogP contribution in [0, 0.1) is 24.4 Å². The topological polar surface area (TPSA) is 57.2 Å². The molecule has 0 saturated carbocycles. The number of carbonyl (C=O) groups is 1. The van der Waals surface area contributed by atoms with Gasteiger partial charge in [-0.1, -0.05) is 6.07 Å². The second kappa shape index (κ2) is 11.2. The highest BCUT2D eigenvalue weighted by atomic mass is 19.1. The van der Waals surface area contributed by atoms with E-state index in [9.17, 15) is 13.6 Å². The van der Waals surface area contributed by atoms with Crippen LogP contribution in [0.2, 0.25) is 0 Å². The number of likely N-dealkylation sites (tertiary alicyclic amines) is 1. The van der Waals surface area contributed by atoms with Crippen LogP contribution in [0.3, 0.4) is 0 Å². The van der Waals surface area contributed by atoms with E-state index in [1.807, 2.05) is 4.90 Å². The van der Waals surface area contributed by atoms with Crippen molar-refractivity contribution in [1.82, 2.24) is 10.2 Å². The summed E-state index contributed by atoms with van der Waals surface area (Å²) in [5.74, 6) is -2.09. The van der Waals surface area contributed by atoms with Gasteiger partial charge >= 0.3 is 5.97 Å². The van der Waals surface area contributed by atoms with Crippen LogP contribution in [0.15, 0.2) is 46.6 Å². The van der Waals surface area contributed by atoms with Crippen LogP contribution in [-0.4, -0.2) is 56.0 Å². The molecule has 0 radical (unpaired) electrons. The van der Waals surface area contributed by atoms with E-state index in [0.717, 1.165) is 44.8 Å². The number of amidine groups is 1. The Labute approximate surface area is 221 Å². The van der Waals surface area contributed by atoms with Crippen molar-refractivity contribution in [3.63, 3.8) is 0 Å². The first-order chi connectivity index (χ1) is 18.4. The molecule has 3 heterocycles. The van der Waals surface area contributed by atoms with Gasteiger partial charge in [0.15, 0.2) is 0 Å². The van der Waals surface area contributed by atoms with Crippen LogP contribution < -0.4 is 10.2 Å². The van der Waals surface area contributed by atoms with Gasteiger partial charge in [0, 0.05) is 31.4 Å². The summed E-state index contributed by atoms with van der Waals surface area (Å²) in [6, 6.07) is 5.69. The van der Waals surface area contributed by atoms with Gasteiger partial charge < -0.3 is 15.0 Å². The molecule has 2 aromatic rings. The van der Waals surface area contributed by atoms with Gasteiger partial charge in [-0.2, -0.15) is 0 Å². The summed E-state index contributed by atoms with van der Waals surface area (Å²) in [5.41, 5.74) is 2.72.